The first-order valence-corrected chi connectivity index (χ1v) is 8.30. The number of primary amides is 1. The Labute approximate surface area is 161 Å². The molecule has 0 spiro atoms. The van der Waals surface area contributed by atoms with E-state index < -0.39 is 17.9 Å². The Hall–Kier alpha value is -3.07. The molecule has 1 amide bonds. The van der Waals surface area contributed by atoms with Gasteiger partial charge in [-0.15, -0.1) is 0 Å². The fraction of sp³-hybridized carbons (Fsp3) is 0.222. The zero-order chi connectivity index (χ0) is 18.3. The second-order valence-corrected chi connectivity index (χ2v) is 6.24. The number of carbonyl (C=O) groups excluding carboxylic acids is 1. The average Bonchev–Trinajstić information content (AvgIpc) is 3.28. The van der Waals surface area contributed by atoms with Gasteiger partial charge in [-0.3, -0.25) is 4.79 Å². The van der Waals surface area contributed by atoms with Crippen molar-refractivity contribution in [2.45, 2.75) is 18.9 Å². The van der Waals surface area contributed by atoms with E-state index in [0.717, 1.165) is 12.0 Å². The van der Waals surface area contributed by atoms with Crippen molar-refractivity contribution >= 4 is 42.2 Å². The van der Waals surface area contributed by atoms with Crippen molar-refractivity contribution in [1.29, 1.82) is 0 Å². The lowest BCUT2D eigenvalue weighted by molar-refractivity contribution is -0.119. The van der Waals surface area contributed by atoms with Crippen LogP contribution in [0, 0.1) is 0 Å². The quantitative estimate of drug-likeness (QED) is 0.630. The normalized spacial score (nSPS) is 16.3. The molecule has 1 aromatic carbocycles. The molecule has 1 aliphatic rings. The van der Waals surface area contributed by atoms with Crippen LogP contribution in [0.25, 0.3) is 22.4 Å². The van der Waals surface area contributed by atoms with Gasteiger partial charge in [0.25, 0.3) is 0 Å². The molecule has 140 valence electrons. The lowest BCUT2D eigenvalue weighted by Crippen LogP contribution is -2.40. The van der Waals surface area contributed by atoms with Crippen molar-refractivity contribution in [1.82, 2.24) is 15.0 Å². The van der Waals surface area contributed by atoms with Crippen LogP contribution in [0.3, 0.4) is 0 Å². The highest BCUT2D eigenvalue weighted by Gasteiger charge is 2.32. The molecule has 1 saturated heterocycles. The summed E-state index contributed by atoms with van der Waals surface area (Å²) in [5.41, 5.74) is 6.79. The van der Waals surface area contributed by atoms with Crippen LogP contribution in [-0.4, -0.2) is 44.5 Å². The first-order valence-electron chi connectivity index (χ1n) is 8.30. The number of anilines is 1. The standard InChI is InChI=1S/C18H17N5O3.H2S/c19-14(24)13-7-4-8-23(13)17-11-9-12(18(25)26)20-16(11)21-15(22-17)10-5-2-1-3-6-10;/h1-3,5-6,9,13H,4,7-8H2,(H2,19,24)(H,25,26)(H,20,21,22);1H2. The number of benzene rings is 1. The van der Waals surface area contributed by atoms with Gasteiger partial charge in [0.2, 0.25) is 5.91 Å². The number of nitrogens with zero attached hydrogens (tertiary/aromatic N) is 3. The molecular formula is C18H19N5O3S. The number of rotatable bonds is 4. The van der Waals surface area contributed by atoms with Crippen LogP contribution in [0.2, 0.25) is 0 Å². The summed E-state index contributed by atoms with van der Waals surface area (Å²) < 4.78 is 0. The van der Waals surface area contributed by atoms with Crippen LogP contribution in [0.15, 0.2) is 36.4 Å². The Morgan fingerprint density at radius 1 is 1.22 bits per heavy atom. The Kier molecular flexibility index (Phi) is 5.04. The summed E-state index contributed by atoms with van der Waals surface area (Å²) in [5, 5.41) is 9.87. The molecule has 1 aliphatic heterocycles. The Morgan fingerprint density at radius 2 is 1.96 bits per heavy atom. The van der Waals surface area contributed by atoms with E-state index in [0.29, 0.717) is 35.6 Å². The molecule has 1 atom stereocenters. The summed E-state index contributed by atoms with van der Waals surface area (Å²) in [6, 6.07) is 10.4. The van der Waals surface area contributed by atoms with E-state index in [9.17, 15) is 14.7 Å². The van der Waals surface area contributed by atoms with Crippen molar-refractivity contribution < 1.29 is 14.7 Å². The van der Waals surface area contributed by atoms with Crippen molar-refractivity contribution in [2.24, 2.45) is 5.73 Å². The SMILES string of the molecule is NC(=O)C1CCCN1c1nc(-c2ccccc2)nc2[nH]c(C(=O)O)cc12.S. The monoisotopic (exact) mass is 385 g/mol. The van der Waals surface area contributed by atoms with Crippen LogP contribution in [0.5, 0.6) is 0 Å². The third-order valence-electron chi connectivity index (χ3n) is 4.58. The fourth-order valence-corrected chi connectivity index (χ4v) is 3.36. The number of hydrogen-bond acceptors (Lipinski definition) is 5. The molecule has 3 aromatic rings. The predicted octanol–water partition coefficient (Wildman–Crippen LogP) is 1.89. The Balaban J connectivity index is 0.00000210. The molecule has 4 rings (SSSR count). The molecule has 0 saturated carbocycles. The fourth-order valence-electron chi connectivity index (χ4n) is 3.36. The van der Waals surface area contributed by atoms with Crippen LogP contribution in [-0.2, 0) is 4.79 Å². The number of aromatic nitrogens is 3. The highest BCUT2D eigenvalue weighted by Crippen LogP contribution is 2.32. The minimum absolute atomic E-state index is 0. The number of fused-ring (bicyclic) bond motifs is 1. The van der Waals surface area contributed by atoms with Crippen LogP contribution < -0.4 is 10.6 Å². The molecular weight excluding hydrogens is 366 g/mol. The molecule has 1 fully saturated rings. The van der Waals surface area contributed by atoms with Gasteiger partial charge in [-0.05, 0) is 18.9 Å². The van der Waals surface area contributed by atoms with Crippen molar-refractivity contribution in [3.63, 3.8) is 0 Å². The number of nitrogens with one attached hydrogen (secondary N) is 1. The van der Waals surface area contributed by atoms with Crippen LogP contribution >= 0.6 is 13.5 Å². The molecule has 27 heavy (non-hydrogen) atoms. The minimum Gasteiger partial charge on any atom is -0.477 e. The minimum atomic E-state index is -1.08. The summed E-state index contributed by atoms with van der Waals surface area (Å²) >= 11 is 0. The molecule has 0 aliphatic carbocycles. The van der Waals surface area contributed by atoms with Gasteiger partial charge in [-0.2, -0.15) is 13.5 Å². The van der Waals surface area contributed by atoms with Gasteiger partial charge >= 0.3 is 5.97 Å². The number of aromatic amines is 1. The van der Waals surface area contributed by atoms with Crippen molar-refractivity contribution in [3.8, 4) is 11.4 Å². The highest BCUT2D eigenvalue weighted by atomic mass is 32.1. The summed E-state index contributed by atoms with van der Waals surface area (Å²) in [6.07, 6.45) is 1.47. The van der Waals surface area contributed by atoms with Crippen LogP contribution in [0.1, 0.15) is 23.3 Å². The molecule has 9 heteroatoms. The second kappa shape index (κ2) is 7.28. The second-order valence-electron chi connectivity index (χ2n) is 6.24. The summed E-state index contributed by atoms with van der Waals surface area (Å²) in [7, 11) is 0. The predicted molar refractivity (Wildman–Crippen MR) is 106 cm³/mol. The summed E-state index contributed by atoms with van der Waals surface area (Å²) in [5.74, 6) is -0.506. The Bertz CT molecular complexity index is 1000. The van der Waals surface area contributed by atoms with Gasteiger partial charge in [0.05, 0.1) is 5.39 Å². The number of aromatic carboxylic acids is 1. The Morgan fingerprint density at radius 3 is 2.63 bits per heavy atom. The molecule has 3 heterocycles. The molecule has 0 bridgehead atoms. The number of amides is 1. The van der Waals surface area contributed by atoms with Crippen LogP contribution in [0.4, 0.5) is 5.82 Å². The molecule has 8 nitrogen and oxygen atoms in total. The van der Waals surface area contributed by atoms with E-state index in [-0.39, 0.29) is 19.2 Å². The topological polar surface area (TPSA) is 125 Å². The molecule has 4 N–H and O–H groups in total. The van der Waals surface area contributed by atoms with Crippen molar-refractivity contribution in [3.05, 3.63) is 42.1 Å². The largest absolute Gasteiger partial charge is 0.477 e. The van der Waals surface area contributed by atoms with Gasteiger partial charge in [0.1, 0.15) is 23.2 Å². The zero-order valence-electron chi connectivity index (χ0n) is 14.3. The van der Waals surface area contributed by atoms with E-state index in [1.807, 2.05) is 35.2 Å². The number of carboxylic acids is 1. The van der Waals surface area contributed by atoms with Gasteiger partial charge in [-0.1, -0.05) is 30.3 Å². The van der Waals surface area contributed by atoms with Gasteiger partial charge in [0.15, 0.2) is 5.82 Å². The molecule has 2 aromatic heterocycles. The maximum Gasteiger partial charge on any atom is 0.352 e. The third-order valence-corrected chi connectivity index (χ3v) is 4.58. The zero-order valence-corrected chi connectivity index (χ0v) is 15.3. The van der Waals surface area contributed by atoms with E-state index in [2.05, 4.69) is 15.0 Å². The third kappa shape index (κ3) is 3.33. The van der Waals surface area contributed by atoms with Gasteiger partial charge < -0.3 is 20.7 Å². The lowest BCUT2D eigenvalue weighted by atomic mass is 10.2. The molecule has 0 radical (unpaired) electrons. The highest BCUT2D eigenvalue weighted by molar-refractivity contribution is 7.59. The number of nitrogens with two attached hydrogens (primary N) is 1. The average molecular weight is 385 g/mol. The first-order chi connectivity index (χ1) is 12.5. The van der Waals surface area contributed by atoms with E-state index in [4.69, 9.17) is 5.73 Å². The van der Waals surface area contributed by atoms with E-state index >= 15 is 0 Å². The summed E-state index contributed by atoms with van der Waals surface area (Å²) in [6.45, 7) is 0.627. The smallest absolute Gasteiger partial charge is 0.352 e. The lowest BCUT2D eigenvalue weighted by Gasteiger charge is -2.24. The van der Waals surface area contributed by atoms with Gasteiger partial charge in [-0.25, -0.2) is 14.8 Å². The maximum atomic E-state index is 11.8. The van der Waals surface area contributed by atoms with Gasteiger partial charge in [0, 0.05) is 12.1 Å². The number of H-pyrrole nitrogens is 1. The van der Waals surface area contributed by atoms with E-state index in [1.54, 1.807) is 0 Å². The number of hydrogen-bond donors (Lipinski definition) is 3. The number of carboxylic acid groups (broad SMARTS) is 1. The maximum absolute atomic E-state index is 11.8. The first kappa shape index (κ1) is 18.7. The summed E-state index contributed by atoms with van der Waals surface area (Å²) in [4.78, 5) is 37.0. The van der Waals surface area contributed by atoms with E-state index in [1.165, 1.54) is 6.07 Å². The molecule has 1 unspecified atom stereocenters. The van der Waals surface area contributed by atoms with Crippen molar-refractivity contribution in [2.75, 3.05) is 11.4 Å². The number of carbonyl (C=O) groups is 2.